The number of esters is 2. The third kappa shape index (κ3) is 10.3. The summed E-state index contributed by atoms with van der Waals surface area (Å²) in [6.07, 6.45) is 1.21. The minimum Gasteiger partial charge on any atom is -0.463 e. The van der Waals surface area contributed by atoms with Gasteiger partial charge in [-0.2, -0.15) is 17.2 Å². The Bertz CT molecular complexity index is 1730. The van der Waals surface area contributed by atoms with Gasteiger partial charge in [-0.05, 0) is 79.1 Å². The zero-order chi connectivity index (χ0) is 36.4. The minimum atomic E-state index is -0.876. The van der Waals surface area contributed by atoms with E-state index in [0.717, 1.165) is 33.4 Å². The fourth-order valence-electron chi connectivity index (χ4n) is 6.18. The molecule has 9 nitrogen and oxygen atoms in total. The number of thioether (sulfide) groups is 1. The van der Waals surface area contributed by atoms with E-state index in [1.54, 1.807) is 32.9 Å². The number of aliphatic hydroxyl groups is 1. The third-order valence-corrected chi connectivity index (χ3v) is 9.68. The number of rotatable bonds is 12. The number of fused-ring (bicyclic) bond motifs is 3. The Balaban J connectivity index is 0.000000944. The van der Waals surface area contributed by atoms with Crippen LogP contribution < -0.4 is 5.48 Å². The number of carbonyl (C=O) groups excluding carboxylic acids is 3. The highest BCUT2D eigenvalue weighted by Crippen LogP contribution is 2.44. The van der Waals surface area contributed by atoms with E-state index in [9.17, 15) is 19.6 Å². The van der Waals surface area contributed by atoms with Crippen LogP contribution in [0.2, 0.25) is 0 Å². The highest BCUT2D eigenvalue weighted by Gasteiger charge is 2.39. The molecule has 1 unspecified atom stereocenters. The molecule has 51 heavy (non-hydrogen) atoms. The second kappa shape index (κ2) is 17.6. The van der Waals surface area contributed by atoms with E-state index in [2.05, 4.69) is 29.7 Å². The zero-order valence-electron chi connectivity index (χ0n) is 29.3. The lowest BCUT2D eigenvalue weighted by Crippen LogP contribution is -2.51. The second-order valence-corrected chi connectivity index (χ2v) is 14.7. The molecule has 0 saturated carbocycles. The Morgan fingerprint density at radius 2 is 1.45 bits per heavy atom. The van der Waals surface area contributed by atoms with Gasteiger partial charge in [-0.1, -0.05) is 91.0 Å². The molecule has 1 fully saturated rings. The standard InChI is InChI=1S/C37H36N2O6S.C4H10O.H2/c40-35(33(38-43)24-46-23-26-16-18-27(19-17-26)36(41)44-21-25-9-2-1-3-10-25)39-20-8-15-34(39)37(42)45-22-32-30-13-6-4-11-28(30)29-12-5-7-14-31(29)32;1-4(2,3)5;/h1-7,9-14,16-19,32-34,38,43H,8,15,20-24H2;5H,1-3H3;1H/t33?,34-;;/m0../s1. The van der Waals surface area contributed by atoms with Crippen molar-refractivity contribution in [2.45, 2.75) is 69.6 Å². The zero-order valence-corrected chi connectivity index (χ0v) is 30.1. The molecule has 1 heterocycles. The number of carbonyl (C=O) groups is 3. The maximum atomic E-state index is 13.4. The average Bonchev–Trinajstić information content (AvgIpc) is 3.75. The van der Waals surface area contributed by atoms with Crippen molar-refractivity contribution in [1.82, 2.24) is 10.4 Å². The predicted octanol–water partition coefficient (Wildman–Crippen LogP) is 6.99. The fraction of sp³-hybridized carbons (Fsp3) is 0.341. The molecule has 1 amide bonds. The van der Waals surface area contributed by atoms with Gasteiger partial charge in [0, 0.05) is 25.4 Å². The normalized spacial score (nSPS) is 15.6. The lowest BCUT2D eigenvalue weighted by molar-refractivity contribution is -0.154. The SMILES string of the molecule is CC(C)(C)O.O=C(OCc1ccccc1)c1ccc(CSCC(NO)C(=O)N2CCC[C@H]2C(=O)OCC2c3ccccc3-c3ccccc32)cc1.[HH]. The molecule has 2 atom stereocenters. The summed E-state index contributed by atoms with van der Waals surface area (Å²) in [4.78, 5) is 40.7. The van der Waals surface area contributed by atoms with E-state index in [-0.39, 0.29) is 26.5 Å². The van der Waals surface area contributed by atoms with Crippen molar-refractivity contribution >= 4 is 29.6 Å². The summed E-state index contributed by atoms with van der Waals surface area (Å²) < 4.78 is 11.3. The van der Waals surface area contributed by atoms with Crippen LogP contribution in [0.3, 0.4) is 0 Å². The Morgan fingerprint density at radius 1 is 0.863 bits per heavy atom. The Labute approximate surface area is 305 Å². The highest BCUT2D eigenvalue weighted by molar-refractivity contribution is 7.98. The number of hydrogen-bond donors (Lipinski definition) is 3. The minimum absolute atomic E-state index is 0. The van der Waals surface area contributed by atoms with E-state index in [0.29, 0.717) is 36.5 Å². The van der Waals surface area contributed by atoms with E-state index in [4.69, 9.17) is 14.6 Å². The molecule has 1 aliphatic heterocycles. The summed E-state index contributed by atoms with van der Waals surface area (Å²) in [7, 11) is 0. The van der Waals surface area contributed by atoms with Crippen LogP contribution in [0.4, 0.5) is 0 Å². The number of hydrogen-bond acceptors (Lipinski definition) is 9. The molecule has 10 heteroatoms. The first-order chi connectivity index (χ1) is 24.5. The molecule has 1 aliphatic carbocycles. The average molecular weight is 713 g/mol. The lowest BCUT2D eigenvalue weighted by atomic mass is 9.98. The number of benzene rings is 4. The summed E-state index contributed by atoms with van der Waals surface area (Å²) >= 11 is 1.47. The molecule has 0 bridgehead atoms. The van der Waals surface area contributed by atoms with Crippen molar-refractivity contribution in [3.63, 3.8) is 0 Å². The van der Waals surface area contributed by atoms with Crippen molar-refractivity contribution in [1.29, 1.82) is 0 Å². The van der Waals surface area contributed by atoms with E-state index in [1.165, 1.54) is 16.7 Å². The van der Waals surface area contributed by atoms with Gasteiger partial charge >= 0.3 is 11.9 Å². The van der Waals surface area contributed by atoms with Gasteiger partial charge in [0.2, 0.25) is 5.91 Å². The Morgan fingerprint density at radius 3 is 2.06 bits per heavy atom. The first-order valence-corrected chi connectivity index (χ1v) is 18.3. The van der Waals surface area contributed by atoms with Gasteiger partial charge < -0.3 is 24.7 Å². The molecule has 1 saturated heterocycles. The van der Waals surface area contributed by atoms with Crippen LogP contribution in [0.15, 0.2) is 103 Å². The third-order valence-electron chi connectivity index (χ3n) is 8.57. The molecular weight excluding hydrogens is 665 g/mol. The van der Waals surface area contributed by atoms with Crippen LogP contribution >= 0.6 is 11.8 Å². The summed E-state index contributed by atoms with van der Waals surface area (Å²) in [5.41, 5.74) is 8.58. The Kier molecular flexibility index (Phi) is 13.1. The maximum Gasteiger partial charge on any atom is 0.338 e. The van der Waals surface area contributed by atoms with Gasteiger partial charge in [-0.15, -0.1) is 0 Å². The van der Waals surface area contributed by atoms with Crippen molar-refractivity contribution < 1.29 is 35.6 Å². The van der Waals surface area contributed by atoms with Crippen molar-refractivity contribution in [2.24, 2.45) is 0 Å². The van der Waals surface area contributed by atoms with Gasteiger partial charge in [0.05, 0.1) is 11.2 Å². The smallest absolute Gasteiger partial charge is 0.338 e. The first kappa shape index (κ1) is 37.8. The molecule has 0 spiro atoms. The summed E-state index contributed by atoms with van der Waals surface area (Å²) in [6.45, 7) is 6.07. The number of amides is 1. The van der Waals surface area contributed by atoms with Gasteiger partial charge in [0.1, 0.15) is 25.3 Å². The molecule has 3 N–H and O–H groups in total. The van der Waals surface area contributed by atoms with Gasteiger partial charge in [0.25, 0.3) is 0 Å². The first-order valence-electron chi connectivity index (χ1n) is 17.2. The summed E-state index contributed by atoms with van der Waals surface area (Å²) in [5.74, 6) is -0.332. The predicted molar refractivity (Wildman–Crippen MR) is 200 cm³/mol. The number of ether oxygens (including phenoxy) is 2. The number of hydroxylamine groups is 1. The fourth-order valence-corrected chi connectivity index (χ4v) is 7.18. The van der Waals surface area contributed by atoms with E-state index >= 15 is 0 Å². The van der Waals surface area contributed by atoms with Crippen LogP contribution in [-0.2, 0) is 31.4 Å². The summed E-state index contributed by atoms with van der Waals surface area (Å²) in [6, 6.07) is 31.4. The van der Waals surface area contributed by atoms with E-state index < -0.39 is 29.6 Å². The van der Waals surface area contributed by atoms with Crippen LogP contribution in [-0.4, -0.2) is 69.6 Å². The van der Waals surface area contributed by atoms with Crippen LogP contribution in [0, 0.1) is 0 Å². The molecule has 270 valence electrons. The quantitative estimate of drug-likeness (QED) is 0.105. The number of likely N-dealkylation sites (tertiary alicyclic amines) is 1. The Hall–Kier alpha value is -4.48. The molecule has 4 aromatic carbocycles. The van der Waals surface area contributed by atoms with Crippen molar-refractivity contribution in [2.75, 3.05) is 18.9 Å². The van der Waals surface area contributed by atoms with Gasteiger partial charge in [0.15, 0.2) is 0 Å². The van der Waals surface area contributed by atoms with E-state index in [1.807, 2.05) is 66.7 Å². The monoisotopic (exact) mass is 712 g/mol. The molecule has 6 rings (SSSR count). The molecular formula is C41H48N2O7S. The molecule has 0 aromatic heterocycles. The van der Waals surface area contributed by atoms with Gasteiger partial charge in [-0.3, -0.25) is 4.79 Å². The largest absolute Gasteiger partial charge is 0.463 e. The number of nitrogens with one attached hydrogen (secondary N) is 1. The molecule has 4 aromatic rings. The topological polar surface area (TPSA) is 125 Å². The second-order valence-electron chi connectivity index (χ2n) is 13.7. The van der Waals surface area contributed by atoms with Crippen LogP contribution in [0.25, 0.3) is 11.1 Å². The maximum absolute atomic E-state index is 13.4. The molecule has 2 aliphatic rings. The van der Waals surface area contributed by atoms with Crippen LogP contribution in [0.5, 0.6) is 0 Å². The highest BCUT2D eigenvalue weighted by atomic mass is 32.2. The van der Waals surface area contributed by atoms with Crippen LogP contribution in [0.1, 0.15) is 73.6 Å². The van der Waals surface area contributed by atoms with Crippen molar-refractivity contribution in [3.05, 3.63) is 131 Å². The van der Waals surface area contributed by atoms with Crippen molar-refractivity contribution in [3.8, 4) is 11.1 Å². The lowest BCUT2D eigenvalue weighted by Gasteiger charge is -2.27. The molecule has 0 radical (unpaired) electrons. The number of nitrogens with zero attached hydrogens (tertiary/aromatic N) is 1. The van der Waals surface area contributed by atoms with Gasteiger partial charge in [-0.25, -0.2) is 9.59 Å². The summed E-state index contributed by atoms with van der Waals surface area (Å²) in [5, 5.41) is 18.4.